The predicted octanol–water partition coefficient (Wildman–Crippen LogP) is 5.12. The van der Waals surface area contributed by atoms with Crippen LogP contribution in [-0.2, 0) is 0 Å². The Balaban J connectivity index is 1.90. The number of hydrogen-bond acceptors (Lipinski definition) is 5. The van der Waals surface area contributed by atoms with Gasteiger partial charge in [-0.15, -0.1) is 23.1 Å². The minimum Gasteiger partial charge on any atom is -0.318 e. The number of thioether (sulfide) groups is 2. The molecule has 0 spiro atoms. The molecule has 3 heterocycles. The second-order valence-corrected chi connectivity index (χ2v) is 7.91. The Hall–Kier alpha value is -0.910. The van der Waals surface area contributed by atoms with Crippen molar-refractivity contribution in [3.63, 3.8) is 0 Å². The first-order chi connectivity index (χ1) is 10.3. The van der Waals surface area contributed by atoms with Crippen molar-refractivity contribution in [3.05, 3.63) is 34.0 Å². The zero-order valence-electron chi connectivity index (χ0n) is 12.0. The number of rotatable bonds is 3. The smallest absolute Gasteiger partial charge is 0.168 e. The summed E-state index contributed by atoms with van der Waals surface area (Å²) in [6.07, 6.45) is 3.24. The minimum absolute atomic E-state index is 0.930. The highest BCUT2D eigenvalue weighted by molar-refractivity contribution is 8.17. The molecule has 0 unspecified atom stereocenters. The van der Waals surface area contributed by atoms with Crippen LogP contribution >= 0.6 is 34.9 Å². The summed E-state index contributed by atoms with van der Waals surface area (Å²) in [4.78, 5) is 9.86. The van der Waals surface area contributed by atoms with Gasteiger partial charge in [0.1, 0.15) is 0 Å². The van der Waals surface area contributed by atoms with Crippen LogP contribution in [0.25, 0.3) is 15.8 Å². The second kappa shape index (κ2) is 5.38. The standard InChI is InChI=1S/C16H16N2S3/c1-3-12-15(18-6-5-17-16(18)21-12)10-8-13(19-2)11-4-7-20-14(11)9-10/h4,7-9H,3,5-6H2,1-2H3. The van der Waals surface area contributed by atoms with Crippen molar-refractivity contribution in [2.45, 2.75) is 18.2 Å². The Morgan fingerprint density at radius 3 is 3.10 bits per heavy atom. The number of benzene rings is 1. The highest BCUT2D eigenvalue weighted by Crippen LogP contribution is 2.45. The topological polar surface area (TPSA) is 15.6 Å². The molecule has 2 aliphatic rings. The zero-order chi connectivity index (χ0) is 14.4. The summed E-state index contributed by atoms with van der Waals surface area (Å²) in [5.41, 5.74) is 2.75. The summed E-state index contributed by atoms with van der Waals surface area (Å²) in [6, 6.07) is 6.94. The average Bonchev–Trinajstić information content (AvgIpc) is 3.19. The van der Waals surface area contributed by atoms with Gasteiger partial charge in [0.05, 0.1) is 12.2 Å². The van der Waals surface area contributed by atoms with Gasteiger partial charge in [0.25, 0.3) is 0 Å². The normalized spacial score (nSPS) is 17.8. The lowest BCUT2D eigenvalue weighted by molar-refractivity contribution is 0.646. The Labute approximate surface area is 137 Å². The molecular weight excluding hydrogens is 316 g/mol. The molecule has 0 fully saturated rings. The number of amidine groups is 1. The quantitative estimate of drug-likeness (QED) is 0.726. The molecule has 0 atom stereocenters. The molecule has 1 aromatic carbocycles. The number of nitrogens with zero attached hydrogens (tertiary/aromatic N) is 2. The summed E-state index contributed by atoms with van der Waals surface area (Å²) < 4.78 is 1.38. The maximum atomic E-state index is 4.63. The van der Waals surface area contributed by atoms with Crippen molar-refractivity contribution in [1.29, 1.82) is 0 Å². The van der Waals surface area contributed by atoms with Crippen molar-refractivity contribution < 1.29 is 0 Å². The maximum absolute atomic E-state index is 4.63. The number of allylic oxidation sites excluding steroid dienone is 1. The fourth-order valence-electron chi connectivity index (χ4n) is 2.93. The van der Waals surface area contributed by atoms with E-state index in [1.54, 1.807) is 0 Å². The Kier molecular flexibility index (Phi) is 3.52. The summed E-state index contributed by atoms with van der Waals surface area (Å²) >= 11 is 5.53. The van der Waals surface area contributed by atoms with Gasteiger partial charge in [-0.2, -0.15) is 0 Å². The third-order valence-corrected chi connectivity index (χ3v) is 6.80. The Morgan fingerprint density at radius 1 is 1.38 bits per heavy atom. The van der Waals surface area contributed by atoms with Gasteiger partial charge in [-0.3, -0.25) is 4.99 Å². The van der Waals surface area contributed by atoms with E-state index in [1.807, 2.05) is 34.9 Å². The fourth-order valence-corrected chi connectivity index (χ4v) is 5.63. The summed E-state index contributed by atoms with van der Waals surface area (Å²) in [5, 5.41) is 4.77. The Morgan fingerprint density at radius 2 is 2.29 bits per heavy atom. The molecule has 4 rings (SSSR count). The Bertz CT molecular complexity index is 773. The van der Waals surface area contributed by atoms with Gasteiger partial charge in [0, 0.05) is 32.0 Å². The number of aliphatic imine (C=N–C) groups is 1. The van der Waals surface area contributed by atoms with E-state index < -0.39 is 0 Å². The third kappa shape index (κ3) is 2.14. The van der Waals surface area contributed by atoms with Crippen molar-refractivity contribution in [1.82, 2.24) is 4.90 Å². The van der Waals surface area contributed by atoms with E-state index in [2.05, 4.69) is 46.7 Å². The average molecular weight is 333 g/mol. The zero-order valence-corrected chi connectivity index (χ0v) is 14.5. The molecule has 108 valence electrons. The number of fused-ring (bicyclic) bond motifs is 2. The van der Waals surface area contributed by atoms with E-state index in [4.69, 9.17) is 0 Å². The van der Waals surface area contributed by atoms with E-state index in [9.17, 15) is 0 Å². The number of thiophene rings is 1. The molecule has 0 radical (unpaired) electrons. The molecule has 21 heavy (non-hydrogen) atoms. The van der Waals surface area contributed by atoms with Gasteiger partial charge in [0.15, 0.2) is 5.17 Å². The van der Waals surface area contributed by atoms with Crippen LogP contribution in [0.3, 0.4) is 0 Å². The van der Waals surface area contributed by atoms with Crippen molar-refractivity contribution in [2.24, 2.45) is 4.99 Å². The molecule has 0 N–H and O–H groups in total. The van der Waals surface area contributed by atoms with E-state index in [1.165, 1.54) is 36.3 Å². The van der Waals surface area contributed by atoms with Crippen LogP contribution in [0.5, 0.6) is 0 Å². The van der Waals surface area contributed by atoms with Crippen molar-refractivity contribution >= 4 is 55.8 Å². The van der Waals surface area contributed by atoms with Crippen LogP contribution in [0.2, 0.25) is 0 Å². The second-order valence-electron chi connectivity index (χ2n) is 5.05. The largest absolute Gasteiger partial charge is 0.318 e. The first-order valence-electron chi connectivity index (χ1n) is 7.10. The molecule has 2 aromatic rings. The van der Waals surface area contributed by atoms with Crippen LogP contribution in [-0.4, -0.2) is 29.4 Å². The monoisotopic (exact) mass is 332 g/mol. The third-order valence-electron chi connectivity index (χ3n) is 3.90. The first kappa shape index (κ1) is 13.7. The lowest BCUT2D eigenvalue weighted by Gasteiger charge is -2.18. The first-order valence-corrected chi connectivity index (χ1v) is 10.0. The van der Waals surface area contributed by atoms with Crippen LogP contribution in [0.15, 0.2) is 38.4 Å². The van der Waals surface area contributed by atoms with Gasteiger partial charge in [-0.25, -0.2) is 0 Å². The van der Waals surface area contributed by atoms with Crippen LogP contribution < -0.4 is 0 Å². The molecule has 0 saturated carbocycles. The van der Waals surface area contributed by atoms with Crippen molar-refractivity contribution in [2.75, 3.05) is 19.3 Å². The number of hydrogen-bond donors (Lipinski definition) is 0. The van der Waals surface area contributed by atoms with Crippen LogP contribution in [0.1, 0.15) is 18.9 Å². The molecular formula is C16H16N2S3. The lowest BCUT2D eigenvalue weighted by atomic mass is 10.1. The van der Waals surface area contributed by atoms with Gasteiger partial charge >= 0.3 is 0 Å². The summed E-state index contributed by atoms with van der Waals surface area (Å²) in [5.74, 6) is 0. The minimum atomic E-state index is 0.930. The summed E-state index contributed by atoms with van der Waals surface area (Å²) in [7, 11) is 0. The van der Waals surface area contributed by atoms with Crippen LogP contribution in [0, 0.1) is 0 Å². The lowest BCUT2D eigenvalue weighted by Crippen LogP contribution is -2.20. The van der Waals surface area contributed by atoms with Gasteiger partial charge in [-0.05, 0) is 36.3 Å². The molecule has 2 aliphatic heterocycles. The van der Waals surface area contributed by atoms with Crippen molar-refractivity contribution in [3.8, 4) is 0 Å². The molecule has 0 saturated heterocycles. The van der Waals surface area contributed by atoms with E-state index in [-0.39, 0.29) is 0 Å². The highest BCUT2D eigenvalue weighted by Gasteiger charge is 2.32. The highest BCUT2D eigenvalue weighted by atomic mass is 32.2. The molecule has 0 aliphatic carbocycles. The molecule has 5 heteroatoms. The van der Waals surface area contributed by atoms with Gasteiger partial charge in [-0.1, -0.05) is 18.7 Å². The van der Waals surface area contributed by atoms with Gasteiger partial charge < -0.3 is 4.90 Å². The van der Waals surface area contributed by atoms with Crippen LogP contribution in [0.4, 0.5) is 0 Å². The van der Waals surface area contributed by atoms with E-state index in [0.717, 1.165) is 19.5 Å². The summed E-state index contributed by atoms with van der Waals surface area (Å²) in [6.45, 7) is 4.20. The maximum Gasteiger partial charge on any atom is 0.168 e. The predicted molar refractivity (Wildman–Crippen MR) is 97.4 cm³/mol. The van der Waals surface area contributed by atoms with E-state index >= 15 is 0 Å². The molecule has 2 nitrogen and oxygen atoms in total. The van der Waals surface area contributed by atoms with E-state index in [0.29, 0.717) is 0 Å². The fraction of sp³-hybridized carbons (Fsp3) is 0.312. The molecule has 0 bridgehead atoms. The van der Waals surface area contributed by atoms with Gasteiger partial charge in [0.2, 0.25) is 0 Å². The molecule has 1 aromatic heterocycles. The molecule has 0 amide bonds. The SMILES string of the molecule is CCC1=C(c2cc(SC)c3ccsc3c2)N2CCN=C2S1.